The monoisotopic (exact) mass is 163 g/mol. The van der Waals surface area contributed by atoms with E-state index >= 15 is 0 Å². The zero-order valence-corrected chi connectivity index (χ0v) is 6.51. The van der Waals surface area contributed by atoms with Crippen molar-refractivity contribution in [2.45, 2.75) is 13.0 Å². The maximum absolute atomic E-state index is 4.03. The van der Waals surface area contributed by atoms with Crippen LogP contribution in [-0.4, -0.2) is 25.0 Å². The van der Waals surface area contributed by atoms with E-state index in [0.717, 1.165) is 18.7 Å². The van der Waals surface area contributed by atoms with Crippen molar-refractivity contribution in [2.24, 2.45) is 0 Å². The fourth-order valence-corrected chi connectivity index (χ4v) is 1.01. The lowest BCUT2D eigenvalue weighted by atomic mass is 10.3. The molecule has 2 heterocycles. The fourth-order valence-electron chi connectivity index (χ4n) is 1.01. The Hall–Kier alpha value is -1.65. The van der Waals surface area contributed by atoms with Gasteiger partial charge in [-0.05, 0) is 6.07 Å². The summed E-state index contributed by atoms with van der Waals surface area (Å²) in [6, 6.07) is 1.96. The van der Waals surface area contributed by atoms with E-state index in [1.807, 2.05) is 12.3 Å². The van der Waals surface area contributed by atoms with Crippen molar-refractivity contribution < 1.29 is 0 Å². The van der Waals surface area contributed by atoms with Crippen molar-refractivity contribution in [2.75, 3.05) is 0 Å². The average Bonchev–Trinajstić information content (AvgIpc) is 2.74. The number of H-pyrrole nitrogens is 1. The third-order valence-corrected chi connectivity index (χ3v) is 1.62. The molecule has 5 heteroatoms. The van der Waals surface area contributed by atoms with Gasteiger partial charge in [0.25, 0.3) is 0 Å². The molecule has 0 aromatic carbocycles. The summed E-state index contributed by atoms with van der Waals surface area (Å²) in [6.45, 7) is 0.824. The smallest absolute Gasteiger partial charge is 0.137 e. The van der Waals surface area contributed by atoms with Gasteiger partial charge in [-0.2, -0.15) is 10.2 Å². The van der Waals surface area contributed by atoms with E-state index < -0.39 is 0 Å². The SMILES string of the molecule is c1ncn(CCc2cc[nH]n2)n1. The first kappa shape index (κ1) is 7.02. The van der Waals surface area contributed by atoms with Gasteiger partial charge >= 0.3 is 0 Å². The maximum Gasteiger partial charge on any atom is 0.137 e. The lowest BCUT2D eigenvalue weighted by Gasteiger charge is -1.95. The largest absolute Gasteiger partial charge is 0.285 e. The van der Waals surface area contributed by atoms with E-state index in [9.17, 15) is 0 Å². The van der Waals surface area contributed by atoms with E-state index in [-0.39, 0.29) is 0 Å². The molecule has 12 heavy (non-hydrogen) atoms. The summed E-state index contributed by atoms with van der Waals surface area (Å²) in [4.78, 5) is 3.85. The predicted octanol–water partition coefficient (Wildman–Crippen LogP) is 0.244. The molecule has 0 fully saturated rings. The summed E-state index contributed by atoms with van der Waals surface area (Å²) in [7, 11) is 0. The molecule has 0 amide bonds. The Kier molecular flexibility index (Phi) is 1.85. The highest BCUT2D eigenvalue weighted by atomic mass is 15.3. The Balaban J connectivity index is 1.91. The average molecular weight is 163 g/mol. The van der Waals surface area contributed by atoms with Gasteiger partial charge < -0.3 is 0 Å². The summed E-state index contributed by atoms with van der Waals surface area (Å²) in [6.07, 6.45) is 5.93. The van der Waals surface area contributed by atoms with Gasteiger partial charge in [0.05, 0.1) is 5.69 Å². The number of aromatic nitrogens is 5. The van der Waals surface area contributed by atoms with Crippen molar-refractivity contribution >= 4 is 0 Å². The number of nitrogens with one attached hydrogen (secondary N) is 1. The number of aromatic amines is 1. The zero-order valence-electron chi connectivity index (χ0n) is 6.51. The van der Waals surface area contributed by atoms with Crippen LogP contribution in [-0.2, 0) is 13.0 Å². The molecule has 0 radical (unpaired) electrons. The van der Waals surface area contributed by atoms with Crippen molar-refractivity contribution in [1.29, 1.82) is 0 Å². The molecule has 62 valence electrons. The van der Waals surface area contributed by atoms with Gasteiger partial charge in [-0.15, -0.1) is 0 Å². The molecule has 5 nitrogen and oxygen atoms in total. The van der Waals surface area contributed by atoms with E-state index in [4.69, 9.17) is 0 Å². The van der Waals surface area contributed by atoms with Gasteiger partial charge in [0, 0.05) is 19.2 Å². The number of hydrogen-bond acceptors (Lipinski definition) is 3. The van der Waals surface area contributed by atoms with Crippen LogP contribution in [0.1, 0.15) is 5.69 Å². The third kappa shape index (κ3) is 1.50. The van der Waals surface area contributed by atoms with Crippen molar-refractivity contribution in [3.8, 4) is 0 Å². The van der Waals surface area contributed by atoms with Crippen LogP contribution in [0.2, 0.25) is 0 Å². The van der Waals surface area contributed by atoms with Crippen LogP contribution in [0.5, 0.6) is 0 Å². The quantitative estimate of drug-likeness (QED) is 0.705. The van der Waals surface area contributed by atoms with Gasteiger partial charge in [-0.25, -0.2) is 4.98 Å². The highest BCUT2D eigenvalue weighted by molar-refractivity contribution is 4.96. The molecule has 0 aliphatic carbocycles. The normalized spacial score (nSPS) is 10.3. The molecule has 1 N–H and O–H groups in total. The summed E-state index contributed by atoms with van der Waals surface area (Å²) >= 11 is 0. The minimum absolute atomic E-state index is 0.824. The second-order valence-corrected chi connectivity index (χ2v) is 2.47. The number of hydrogen-bond donors (Lipinski definition) is 1. The molecule has 0 bridgehead atoms. The summed E-state index contributed by atoms with van der Waals surface area (Å²) in [5, 5.41) is 10.8. The minimum Gasteiger partial charge on any atom is -0.285 e. The van der Waals surface area contributed by atoms with Crippen molar-refractivity contribution in [3.05, 3.63) is 30.6 Å². The topological polar surface area (TPSA) is 59.4 Å². The van der Waals surface area contributed by atoms with Gasteiger partial charge in [0.2, 0.25) is 0 Å². The number of rotatable bonds is 3. The highest BCUT2D eigenvalue weighted by Crippen LogP contribution is 1.94. The molecule has 0 aliphatic heterocycles. The predicted molar refractivity (Wildman–Crippen MR) is 42.3 cm³/mol. The maximum atomic E-state index is 4.03. The number of nitrogens with zero attached hydrogens (tertiary/aromatic N) is 4. The van der Waals surface area contributed by atoms with Gasteiger partial charge in [-0.1, -0.05) is 0 Å². The summed E-state index contributed by atoms with van der Waals surface area (Å²) < 4.78 is 1.79. The number of aryl methyl sites for hydroxylation is 2. The van der Waals surface area contributed by atoms with E-state index in [0.29, 0.717) is 0 Å². The standard InChI is InChI=1S/C7H9N5/c1-3-9-11-7(1)2-4-12-6-8-5-10-12/h1,3,5-6H,2,4H2,(H,9,11). The lowest BCUT2D eigenvalue weighted by Crippen LogP contribution is -2.01. The molecule has 2 rings (SSSR count). The van der Waals surface area contributed by atoms with Crippen LogP contribution in [0.4, 0.5) is 0 Å². The third-order valence-electron chi connectivity index (χ3n) is 1.62. The van der Waals surface area contributed by atoms with Crippen molar-refractivity contribution in [1.82, 2.24) is 25.0 Å². The molecule has 0 aliphatic rings. The zero-order chi connectivity index (χ0) is 8.23. The Labute approximate surface area is 69.4 Å². The van der Waals surface area contributed by atoms with Crippen LogP contribution < -0.4 is 0 Å². The molecule has 0 unspecified atom stereocenters. The summed E-state index contributed by atoms with van der Waals surface area (Å²) in [5.41, 5.74) is 1.05. The Morgan fingerprint density at radius 2 is 2.50 bits per heavy atom. The second kappa shape index (κ2) is 3.17. The highest BCUT2D eigenvalue weighted by Gasteiger charge is 1.95. The first-order valence-electron chi connectivity index (χ1n) is 3.76. The Bertz CT molecular complexity index is 275. The first-order valence-corrected chi connectivity index (χ1v) is 3.76. The second-order valence-electron chi connectivity index (χ2n) is 2.47. The van der Waals surface area contributed by atoms with Crippen LogP contribution >= 0.6 is 0 Å². The Morgan fingerprint density at radius 3 is 3.17 bits per heavy atom. The minimum atomic E-state index is 0.824. The van der Waals surface area contributed by atoms with Crippen LogP contribution in [0.25, 0.3) is 0 Å². The van der Waals surface area contributed by atoms with Gasteiger partial charge in [0.15, 0.2) is 0 Å². The lowest BCUT2D eigenvalue weighted by molar-refractivity contribution is 0.606. The Morgan fingerprint density at radius 1 is 1.50 bits per heavy atom. The molecule has 0 spiro atoms. The fraction of sp³-hybridized carbons (Fsp3) is 0.286. The molecular formula is C7H9N5. The van der Waals surface area contributed by atoms with E-state index in [2.05, 4.69) is 20.3 Å². The van der Waals surface area contributed by atoms with Gasteiger partial charge in [-0.3, -0.25) is 9.78 Å². The molecule has 2 aromatic heterocycles. The molecule has 0 saturated heterocycles. The molecule has 2 aromatic rings. The molecular weight excluding hydrogens is 154 g/mol. The summed E-state index contributed by atoms with van der Waals surface area (Å²) in [5.74, 6) is 0. The first-order chi connectivity index (χ1) is 5.95. The molecule has 0 saturated carbocycles. The molecule has 0 atom stereocenters. The van der Waals surface area contributed by atoms with E-state index in [1.165, 1.54) is 6.33 Å². The van der Waals surface area contributed by atoms with Gasteiger partial charge in [0.1, 0.15) is 12.7 Å². The van der Waals surface area contributed by atoms with Crippen LogP contribution in [0.3, 0.4) is 0 Å². The van der Waals surface area contributed by atoms with Crippen LogP contribution in [0, 0.1) is 0 Å². The van der Waals surface area contributed by atoms with Crippen molar-refractivity contribution in [3.63, 3.8) is 0 Å². The van der Waals surface area contributed by atoms with E-state index in [1.54, 1.807) is 11.0 Å². The van der Waals surface area contributed by atoms with Crippen LogP contribution in [0.15, 0.2) is 24.9 Å².